The van der Waals surface area contributed by atoms with Crippen LogP contribution in [0.5, 0.6) is 0 Å². The lowest BCUT2D eigenvalue weighted by Gasteiger charge is -2.33. The van der Waals surface area contributed by atoms with Crippen LogP contribution in [-0.4, -0.2) is 23.7 Å². The van der Waals surface area contributed by atoms with E-state index in [-0.39, 0.29) is 17.2 Å². The number of carbonyl (C=O) groups is 1. The Balaban J connectivity index is 2.58. The van der Waals surface area contributed by atoms with Crippen LogP contribution < -0.4 is 5.32 Å². The van der Waals surface area contributed by atoms with Crippen molar-refractivity contribution in [2.24, 2.45) is 11.3 Å². The van der Waals surface area contributed by atoms with Crippen molar-refractivity contribution >= 4 is 5.91 Å². The SMILES string of the molecule is CCc1ccc(C(=O)NCC(C)(C)C(O)C(C)C)o1. The number of carbonyl (C=O) groups excluding carboxylic acids is 1. The van der Waals surface area contributed by atoms with Gasteiger partial charge in [0.1, 0.15) is 5.76 Å². The third-order valence-electron chi connectivity index (χ3n) is 3.37. The summed E-state index contributed by atoms with van der Waals surface area (Å²) in [5.74, 6) is 1.05. The van der Waals surface area contributed by atoms with Crippen molar-refractivity contribution in [3.8, 4) is 0 Å². The van der Waals surface area contributed by atoms with Crippen molar-refractivity contribution < 1.29 is 14.3 Å². The Labute approximate surface area is 115 Å². The zero-order chi connectivity index (χ0) is 14.6. The van der Waals surface area contributed by atoms with Crippen molar-refractivity contribution in [2.75, 3.05) is 6.54 Å². The topological polar surface area (TPSA) is 62.5 Å². The van der Waals surface area contributed by atoms with Gasteiger partial charge >= 0.3 is 0 Å². The molecule has 0 aliphatic heterocycles. The van der Waals surface area contributed by atoms with E-state index < -0.39 is 6.10 Å². The molecule has 4 heteroatoms. The number of hydrogen-bond donors (Lipinski definition) is 2. The maximum atomic E-state index is 11.9. The average molecular weight is 267 g/mol. The van der Waals surface area contributed by atoms with Crippen molar-refractivity contribution in [2.45, 2.75) is 47.1 Å². The second-order valence-electron chi connectivity index (χ2n) is 5.98. The highest BCUT2D eigenvalue weighted by molar-refractivity contribution is 5.91. The van der Waals surface area contributed by atoms with Crippen LogP contribution in [0.1, 0.15) is 50.9 Å². The summed E-state index contributed by atoms with van der Waals surface area (Å²) in [7, 11) is 0. The van der Waals surface area contributed by atoms with Gasteiger partial charge in [0.15, 0.2) is 5.76 Å². The lowest BCUT2D eigenvalue weighted by molar-refractivity contribution is 0.0136. The molecule has 0 radical (unpaired) electrons. The van der Waals surface area contributed by atoms with Gasteiger partial charge in [0.25, 0.3) is 5.91 Å². The Kier molecular flexibility index (Phi) is 5.18. The van der Waals surface area contributed by atoms with Crippen LogP contribution in [-0.2, 0) is 6.42 Å². The second kappa shape index (κ2) is 6.24. The average Bonchev–Trinajstić information content (AvgIpc) is 2.83. The van der Waals surface area contributed by atoms with Crippen LogP contribution in [0.25, 0.3) is 0 Å². The molecule has 4 nitrogen and oxygen atoms in total. The predicted octanol–water partition coefficient (Wildman–Crippen LogP) is 2.61. The molecule has 19 heavy (non-hydrogen) atoms. The number of furan rings is 1. The number of aryl methyl sites for hydroxylation is 1. The maximum absolute atomic E-state index is 11.9. The Bertz CT molecular complexity index is 421. The number of aliphatic hydroxyl groups excluding tert-OH is 1. The molecule has 0 aliphatic rings. The monoisotopic (exact) mass is 267 g/mol. The summed E-state index contributed by atoms with van der Waals surface area (Å²) in [5.41, 5.74) is -0.371. The van der Waals surface area contributed by atoms with Gasteiger partial charge in [-0.15, -0.1) is 0 Å². The summed E-state index contributed by atoms with van der Waals surface area (Å²) in [6.07, 6.45) is 0.306. The van der Waals surface area contributed by atoms with Gasteiger partial charge in [0.2, 0.25) is 0 Å². The number of hydrogen-bond acceptors (Lipinski definition) is 3. The number of aliphatic hydroxyl groups is 1. The Morgan fingerprint density at radius 3 is 2.53 bits per heavy atom. The molecule has 1 atom stereocenters. The van der Waals surface area contributed by atoms with Crippen molar-refractivity contribution in [1.29, 1.82) is 0 Å². The van der Waals surface area contributed by atoms with E-state index in [0.29, 0.717) is 12.3 Å². The van der Waals surface area contributed by atoms with E-state index in [0.717, 1.165) is 12.2 Å². The first kappa shape index (κ1) is 15.8. The lowest BCUT2D eigenvalue weighted by atomic mass is 9.80. The van der Waals surface area contributed by atoms with E-state index in [1.807, 2.05) is 40.7 Å². The Hall–Kier alpha value is -1.29. The van der Waals surface area contributed by atoms with E-state index in [4.69, 9.17) is 4.42 Å². The molecule has 1 amide bonds. The second-order valence-corrected chi connectivity index (χ2v) is 5.98. The molecule has 0 aromatic carbocycles. The quantitative estimate of drug-likeness (QED) is 0.832. The highest BCUT2D eigenvalue weighted by Crippen LogP contribution is 2.25. The molecule has 0 aliphatic carbocycles. The minimum absolute atomic E-state index is 0.155. The molecule has 1 rings (SSSR count). The van der Waals surface area contributed by atoms with Crippen LogP contribution in [0, 0.1) is 11.3 Å². The molecule has 0 saturated heterocycles. The van der Waals surface area contributed by atoms with Crippen LogP contribution in [0.4, 0.5) is 0 Å². The molecule has 1 unspecified atom stereocenters. The minimum atomic E-state index is -0.462. The fourth-order valence-corrected chi connectivity index (χ4v) is 2.09. The molecular weight excluding hydrogens is 242 g/mol. The molecule has 0 bridgehead atoms. The fraction of sp³-hybridized carbons (Fsp3) is 0.667. The van der Waals surface area contributed by atoms with Crippen molar-refractivity contribution in [3.05, 3.63) is 23.7 Å². The van der Waals surface area contributed by atoms with Gasteiger partial charge in [0, 0.05) is 18.4 Å². The highest BCUT2D eigenvalue weighted by atomic mass is 16.3. The smallest absolute Gasteiger partial charge is 0.287 e. The third kappa shape index (κ3) is 4.10. The van der Waals surface area contributed by atoms with Crippen molar-refractivity contribution in [1.82, 2.24) is 5.32 Å². The van der Waals surface area contributed by atoms with Gasteiger partial charge in [0.05, 0.1) is 6.10 Å². The lowest BCUT2D eigenvalue weighted by Crippen LogP contribution is -2.43. The normalized spacial score (nSPS) is 13.6. The number of nitrogens with one attached hydrogen (secondary N) is 1. The highest BCUT2D eigenvalue weighted by Gasteiger charge is 2.30. The summed E-state index contributed by atoms with van der Waals surface area (Å²) < 4.78 is 5.39. The van der Waals surface area contributed by atoms with Gasteiger partial charge in [-0.2, -0.15) is 0 Å². The van der Waals surface area contributed by atoms with E-state index in [9.17, 15) is 9.90 Å². The zero-order valence-electron chi connectivity index (χ0n) is 12.5. The maximum Gasteiger partial charge on any atom is 0.287 e. The Morgan fingerprint density at radius 2 is 2.05 bits per heavy atom. The molecule has 1 heterocycles. The summed E-state index contributed by atoms with van der Waals surface area (Å²) in [4.78, 5) is 11.9. The van der Waals surface area contributed by atoms with Crippen molar-refractivity contribution in [3.63, 3.8) is 0 Å². The number of rotatable bonds is 6. The Morgan fingerprint density at radius 1 is 1.42 bits per heavy atom. The molecule has 0 spiro atoms. The zero-order valence-corrected chi connectivity index (χ0v) is 12.5. The summed E-state index contributed by atoms with van der Waals surface area (Å²) in [5, 5.41) is 12.9. The first-order chi connectivity index (χ1) is 8.77. The van der Waals surface area contributed by atoms with Crippen LogP contribution in [0.2, 0.25) is 0 Å². The van der Waals surface area contributed by atoms with E-state index in [1.165, 1.54) is 0 Å². The van der Waals surface area contributed by atoms with Crippen LogP contribution >= 0.6 is 0 Å². The van der Waals surface area contributed by atoms with Gasteiger partial charge in [-0.3, -0.25) is 4.79 Å². The molecule has 2 N–H and O–H groups in total. The number of amides is 1. The summed E-state index contributed by atoms with van der Waals surface area (Å²) in [6, 6.07) is 3.49. The van der Waals surface area contributed by atoms with Gasteiger partial charge in [-0.05, 0) is 18.1 Å². The molecule has 0 fully saturated rings. The molecule has 0 saturated carbocycles. The molecular formula is C15H25NO3. The summed E-state index contributed by atoms with van der Waals surface area (Å²) >= 11 is 0. The fourth-order valence-electron chi connectivity index (χ4n) is 2.09. The standard InChI is InChI=1S/C15H25NO3/c1-6-11-7-8-12(19-11)14(18)16-9-15(4,5)13(17)10(2)3/h7-8,10,13,17H,6,9H2,1-5H3,(H,16,18). The minimum Gasteiger partial charge on any atom is -0.456 e. The van der Waals surface area contributed by atoms with Crippen LogP contribution in [0.15, 0.2) is 16.5 Å². The van der Waals surface area contributed by atoms with E-state index in [2.05, 4.69) is 5.32 Å². The van der Waals surface area contributed by atoms with E-state index in [1.54, 1.807) is 6.07 Å². The van der Waals surface area contributed by atoms with Gasteiger partial charge in [-0.1, -0.05) is 34.6 Å². The first-order valence-corrected chi connectivity index (χ1v) is 6.83. The molecule has 1 aromatic heterocycles. The van der Waals surface area contributed by atoms with Gasteiger partial charge in [-0.25, -0.2) is 0 Å². The third-order valence-corrected chi connectivity index (χ3v) is 3.37. The van der Waals surface area contributed by atoms with E-state index >= 15 is 0 Å². The molecule has 108 valence electrons. The van der Waals surface area contributed by atoms with Crippen LogP contribution in [0.3, 0.4) is 0 Å². The first-order valence-electron chi connectivity index (χ1n) is 6.83. The molecule has 1 aromatic rings. The van der Waals surface area contributed by atoms with Gasteiger partial charge < -0.3 is 14.8 Å². The largest absolute Gasteiger partial charge is 0.456 e. The predicted molar refractivity (Wildman–Crippen MR) is 75.0 cm³/mol. The summed E-state index contributed by atoms with van der Waals surface area (Å²) in [6.45, 7) is 10.2.